The molecule has 1 aromatic rings. The normalized spacial score (nSPS) is 18.3. The molecule has 0 radical (unpaired) electrons. The molecule has 3 nitrogen and oxygen atoms in total. The van der Waals surface area contributed by atoms with Crippen LogP contribution in [0.3, 0.4) is 0 Å². The van der Waals surface area contributed by atoms with Gasteiger partial charge in [-0.15, -0.1) is 0 Å². The Bertz CT molecular complexity index is 336. The van der Waals surface area contributed by atoms with E-state index in [-0.39, 0.29) is 0 Å². The third kappa shape index (κ3) is 2.40. The van der Waals surface area contributed by atoms with Crippen LogP contribution in [0.25, 0.3) is 0 Å². The molecule has 5 heteroatoms. The van der Waals surface area contributed by atoms with Gasteiger partial charge in [0, 0.05) is 17.4 Å². The van der Waals surface area contributed by atoms with E-state index in [0.717, 1.165) is 6.54 Å². The molecular weight excluding hydrogens is 213 g/mol. The number of halogens is 1. The zero-order valence-corrected chi connectivity index (χ0v) is 9.48. The highest BCUT2D eigenvalue weighted by molar-refractivity contribution is 8.00. The maximum atomic E-state index is 12.8. The van der Waals surface area contributed by atoms with Gasteiger partial charge in [-0.3, -0.25) is 0 Å². The third-order valence-electron chi connectivity index (χ3n) is 2.92. The lowest BCUT2D eigenvalue weighted by Crippen LogP contribution is -2.40. The number of rotatable bonds is 4. The molecular formula is C10H14FN3S. The van der Waals surface area contributed by atoms with Crippen LogP contribution in [-0.4, -0.2) is 27.5 Å². The van der Waals surface area contributed by atoms with Gasteiger partial charge in [-0.1, -0.05) is 6.42 Å². The lowest BCUT2D eigenvalue weighted by atomic mass is 9.84. The predicted octanol–water partition coefficient (Wildman–Crippen LogP) is 2.31. The molecule has 0 amide bonds. The molecule has 1 aliphatic carbocycles. The first-order valence-corrected chi connectivity index (χ1v) is 6.23. The van der Waals surface area contributed by atoms with Crippen LogP contribution in [0.2, 0.25) is 0 Å². The topological polar surface area (TPSA) is 37.8 Å². The van der Waals surface area contributed by atoms with E-state index < -0.39 is 5.95 Å². The number of nitrogens with zero attached hydrogens (tertiary/aromatic N) is 2. The van der Waals surface area contributed by atoms with Gasteiger partial charge in [-0.05, 0) is 19.1 Å². The summed E-state index contributed by atoms with van der Waals surface area (Å²) < 4.78 is 13.1. The van der Waals surface area contributed by atoms with Crippen LogP contribution in [0.15, 0.2) is 12.4 Å². The average Bonchev–Trinajstić information content (AvgIpc) is 2.17. The molecule has 2 rings (SSSR count). The molecule has 0 atom stereocenters. The fraction of sp³-hybridized carbons (Fsp3) is 0.600. The molecule has 0 aromatic carbocycles. The Labute approximate surface area is 92.9 Å². The first-order valence-electron chi connectivity index (χ1n) is 5.01. The maximum Gasteiger partial charge on any atom is 0.217 e. The molecule has 1 aromatic heterocycles. The molecule has 1 heterocycles. The number of anilines is 1. The Morgan fingerprint density at radius 2 is 2.33 bits per heavy atom. The van der Waals surface area contributed by atoms with Crippen molar-refractivity contribution in [3.05, 3.63) is 18.3 Å². The van der Waals surface area contributed by atoms with E-state index in [1.165, 1.54) is 31.7 Å². The summed E-state index contributed by atoms with van der Waals surface area (Å²) in [6.45, 7) is 0.852. The Morgan fingerprint density at radius 3 is 2.87 bits per heavy atom. The number of hydrogen-bond donors (Lipinski definition) is 1. The molecule has 82 valence electrons. The second-order valence-electron chi connectivity index (χ2n) is 3.82. The number of hydrogen-bond acceptors (Lipinski definition) is 4. The van der Waals surface area contributed by atoms with E-state index in [1.54, 1.807) is 0 Å². The summed E-state index contributed by atoms with van der Waals surface area (Å²) in [5, 5.41) is 3.17. The third-order valence-corrected chi connectivity index (χ3v) is 4.34. The summed E-state index contributed by atoms with van der Waals surface area (Å²) >= 11 is 1.88. The zero-order valence-electron chi connectivity index (χ0n) is 8.66. The quantitative estimate of drug-likeness (QED) is 0.801. The Kier molecular flexibility index (Phi) is 3.09. The Balaban J connectivity index is 1.92. The fourth-order valence-corrected chi connectivity index (χ4v) is 2.62. The summed E-state index contributed by atoms with van der Waals surface area (Å²) in [4.78, 5) is 7.38. The molecule has 15 heavy (non-hydrogen) atoms. The molecule has 1 aliphatic rings. The van der Waals surface area contributed by atoms with Crippen molar-refractivity contribution in [1.82, 2.24) is 9.97 Å². The second kappa shape index (κ2) is 4.35. The van der Waals surface area contributed by atoms with E-state index in [4.69, 9.17) is 0 Å². The van der Waals surface area contributed by atoms with Gasteiger partial charge < -0.3 is 5.32 Å². The van der Waals surface area contributed by atoms with Gasteiger partial charge in [-0.25, -0.2) is 9.97 Å². The first kappa shape index (κ1) is 10.7. The smallest absolute Gasteiger partial charge is 0.217 e. The van der Waals surface area contributed by atoms with Crippen molar-refractivity contribution >= 4 is 17.6 Å². The van der Waals surface area contributed by atoms with Crippen LogP contribution in [0.5, 0.6) is 0 Å². The summed E-state index contributed by atoms with van der Waals surface area (Å²) in [6.07, 6.45) is 7.12. The van der Waals surface area contributed by atoms with Crippen LogP contribution in [0.1, 0.15) is 19.3 Å². The number of aromatic nitrogens is 2. The highest BCUT2D eigenvalue weighted by atomic mass is 32.2. The summed E-state index contributed by atoms with van der Waals surface area (Å²) in [5.41, 5.74) is 0. The highest BCUT2D eigenvalue weighted by Gasteiger charge is 2.35. The van der Waals surface area contributed by atoms with Crippen LogP contribution in [0, 0.1) is 5.95 Å². The van der Waals surface area contributed by atoms with E-state index in [0.29, 0.717) is 10.6 Å². The predicted molar refractivity (Wildman–Crippen MR) is 60.6 cm³/mol. The summed E-state index contributed by atoms with van der Waals surface area (Å²) in [7, 11) is 0. The SMILES string of the molecule is CSC1(CNc2cc(F)ncn2)CCC1. The van der Waals surface area contributed by atoms with Crippen LogP contribution in [-0.2, 0) is 0 Å². The minimum absolute atomic E-state index is 0.335. The molecule has 1 saturated carbocycles. The van der Waals surface area contributed by atoms with Crippen LogP contribution < -0.4 is 5.32 Å². The fourth-order valence-electron chi connectivity index (χ4n) is 1.71. The van der Waals surface area contributed by atoms with Crippen molar-refractivity contribution in [3.63, 3.8) is 0 Å². The van der Waals surface area contributed by atoms with Gasteiger partial charge in [0.15, 0.2) is 0 Å². The Morgan fingerprint density at radius 1 is 1.53 bits per heavy atom. The van der Waals surface area contributed by atoms with Gasteiger partial charge in [-0.2, -0.15) is 16.2 Å². The zero-order chi connectivity index (χ0) is 10.7. The highest BCUT2D eigenvalue weighted by Crippen LogP contribution is 2.42. The first-order chi connectivity index (χ1) is 7.24. The molecule has 0 spiro atoms. The largest absolute Gasteiger partial charge is 0.368 e. The van der Waals surface area contributed by atoms with Crippen LogP contribution in [0.4, 0.5) is 10.2 Å². The van der Waals surface area contributed by atoms with Gasteiger partial charge in [0.05, 0.1) is 0 Å². The Hall–Kier alpha value is -0.840. The molecule has 1 fully saturated rings. The molecule has 1 N–H and O–H groups in total. The summed E-state index contributed by atoms with van der Waals surface area (Å²) in [6, 6.07) is 1.33. The standard InChI is InChI=1S/C10H14FN3S/c1-15-10(3-2-4-10)6-12-9-5-8(11)13-7-14-9/h5,7H,2-4,6H2,1H3,(H,12,13,14). The molecule has 0 unspecified atom stereocenters. The molecule has 0 saturated heterocycles. The van der Waals surface area contributed by atoms with E-state index in [9.17, 15) is 4.39 Å². The molecule has 0 aliphatic heterocycles. The monoisotopic (exact) mass is 227 g/mol. The van der Waals surface area contributed by atoms with Crippen molar-refractivity contribution < 1.29 is 4.39 Å². The van der Waals surface area contributed by atoms with Crippen molar-refractivity contribution in [1.29, 1.82) is 0 Å². The second-order valence-corrected chi connectivity index (χ2v) is 5.09. The lowest BCUT2D eigenvalue weighted by Gasteiger charge is -2.40. The minimum atomic E-state index is -0.487. The van der Waals surface area contributed by atoms with Gasteiger partial charge in [0.2, 0.25) is 5.95 Å². The molecule has 0 bridgehead atoms. The minimum Gasteiger partial charge on any atom is -0.368 e. The van der Waals surface area contributed by atoms with Crippen LogP contribution >= 0.6 is 11.8 Å². The van der Waals surface area contributed by atoms with E-state index in [2.05, 4.69) is 21.5 Å². The van der Waals surface area contributed by atoms with Crippen molar-refractivity contribution in [2.24, 2.45) is 0 Å². The van der Waals surface area contributed by atoms with Crippen molar-refractivity contribution in [2.45, 2.75) is 24.0 Å². The van der Waals surface area contributed by atoms with Gasteiger partial charge >= 0.3 is 0 Å². The van der Waals surface area contributed by atoms with Crippen molar-refractivity contribution in [2.75, 3.05) is 18.1 Å². The van der Waals surface area contributed by atoms with Gasteiger partial charge in [0.1, 0.15) is 12.1 Å². The van der Waals surface area contributed by atoms with Crippen molar-refractivity contribution in [3.8, 4) is 0 Å². The lowest BCUT2D eigenvalue weighted by molar-refractivity contribution is 0.379. The van der Waals surface area contributed by atoms with E-state index in [1.807, 2.05) is 11.8 Å². The van der Waals surface area contributed by atoms with Gasteiger partial charge in [0.25, 0.3) is 0 Å². The summed E-state index contributed by atoms with van der Waals surface area (Å²) in [5.74, 6) is 0.0853. The maximum absolute atomic E-state index is 12.8. The van der Waals surface area contributed by atoms with E-state index >= 15 is 0 Å². The number of thioether (sulfide) groups is 1. The number of nitrogens with one attached hydrogen (secondary N) is 1. The average molecular weight is 227 g/mol.